The smallest absolute Gasteiger partial charge is 0.335 e. The molecule has 1 heterocycles. The fourth-order valence-electron chi connectivity index (χ4n) is 1.87. The molecule has 1 aromatic carbocycles. The average molecular weight is 310 g/mol. The Bertz CT molecular complexity index is 741. The third kappa shape index (κ3) is 3.44. The number of rotatable bonds is 6. The van der Waals surface area contributed by atoms with E-state index in [0.717, 1.165) is 0 Å². The molecule has 112 valence electrons. The molecular weight excluding hydrogens is 296 g/mol. The fraction of sp³-hybridized carbons (Fsp3) is 0.250. The van der Waals surface area contributed by atoms with Crippen molar-refractivity contribution in [3.8, 4) is 0 Å². The van der Waals surface area contributed by atoms with Gasteiger partial charge in [-0.05, 0) is 24.6 Å². The predicted octanol–water partition coefficient (Wildman–Crippen LogP) is 0.332. The van der Waals surface area contributed by atoms with E-state index >= 15 is 0 Å². The number of carboxylic acid groups (broad SMARTS) is 1. The SMILES string of the molecule is Cc1c(C(=O)O)cccc1S(=O)(=O)NCCc1ncn[nH]1. The van der Waals surface area contributed by atoms with Crippen LogP contribution in [0.25, 0.3) is 0 Å². The quantitative estimate of drug-likeness (QED) is 0.706. The number of carboxylic acids is 1. The molecule has 0 aliphatic rings. The minimum Gasteiger partial charge on any atom is -0.478 e. The van der Waals surface area contributed by atoms with E-state index in [1.54, 1.807) is 0 Å². The number of nitrogens with one attached hydrogen (secondary N) is 2. The van der Waals surface area contributed by atoms with Crippen molar-refractivity contribution in [3.63, 3.8) is 0 Å². The molecule has 21 heavy (non-hydrogen) atoms. The average Bonchev–Trinajstić information content (AvgIpc) is 2.91. The lowest BCUT2D eigenvalue weighted by Crippen LogP contribution is -2.27. The van der Waals surface area contributed by atoms with Gasteiger partial charge < -0.3 is 5.11 Å². The number of sulfonamides is 1. The van der Waals surface area contributed by atoms with Crippen LogP contribution in [0.5, 0.6) is 0 Å². The number of H-pyrrole nitrogens is 1. The van der Waals surface area contributed by atoms with E-state index in [0.29, 0.717) is 12.2 Å². The van der Waals surface area contributed by atoms with Gasteiger partial charge in [-0.1, -0.05) is 6.07 Å². The summed E-state index contributed by atoms with van der Waals surface area (Å²) in [6, 6.07) is 4.14. The van der Waals surface area contributed by atoms with Crippen molar-refractivity contribution in [2.45, 2.75) is 18.2 Å². The van der Waals surface area contributed by atoms with Crippen molar-refractivity contribution in [1.29, 1.82) is 0 Å². The van der Waals surface area contributed by atoms with Crippen LogP contribution >= 0.6 is 0 Å². The van der Waals surface area contributed by atoms with Gasteiger partial charge in [0.25, 0.3) is 0 Å². The second-order valence-corrected chi connectivity index (χ2v) is 6.05. The van der Waals surface area contributed by atoms with Crippen LogP contribution in [0.3, 0.4) is 0 Å². The molecule has 9 heteroatoms. The Labute approximate surface area is 121 Å². The van der Waals surface area contributed by atoms with Gasteiger partial charge in [0, 0.05) is 13.0 Å². The number of hydrogen-bond acceptors (Lipinski definition) is 5. The van der Waals surface area contributed by atoms with Crippen molar-refractivity contribution in [1.82, 2.24) is 19.9 Å². The van der Waals surface area contributed by atoms with E-state index in [2.05, 4.69) is 19.9 Å². The van der Waals surface area contributed by atoms with E-state index in [9.17, 15) is 13.2 Å². The van der Waals surface area contributed by atoms with Gasteiger partial charge in [-0.25, -0.2) is 22.9 Å². The highest BCUT2D eigenvalue weighted by Crippen LogP contribution is 2.18. The van der Waals surface area contributed by atoms with Crippen LogP contribution in [0.1, 0.15) is 21.7 Å². The van der Waals surface area contributed by atoms with Crippen molar-refractivity contribution < 1.29 is 18.3 Å². The van der Waals surface area contributed by atoms with Crippen LogP contribution in [-0.2, 0) is 16.4 Å². The zero-order valence-corrected chi connectivity index (χ0v) is 12.0. The zero-order chi connectivity index (χ0) is 15.5. The highest BCUT2D eigenvalue weighted by Gasteiger charge is 2.20. The molecule has 0 fully saturated rings. The molecule has 2 rings (SSSR count). The Hall–Kier alpha value is -2.26. The van der Waals surface area contributed by atoms with E-state index in [4.69, 9.17) is 5.11 Å². The summed E-state index contributed by atoms with van der Waals surface area (Å²) in [5, 5.41) is 15.3. The maximum Gasteiger partial charge on any atom is 0.335 e. The number of benzene rings is 1. The molecule has 0 saturated carbocycles. The lowest BCUT2D eigenvalue weighted by molar-refractivity contribution is 0.0696. The Morgan fingerprint density at radius 2 is 2.19 bits per heavy atom. The summed E-state index contributed by atoms with van der Waals surface area (Å²) in [4.78, 5) is 14.9. The lowest BCUT2D eigenvalue weighted by atomic mass is 10.1. The molecule has 0 unspecified atom stereocenters. The first-order valence-corrected chi connectivity index (χ1v) is 7.57. The maximum atomic E-state index is 12.2. The van der Waals surface area contributed by atoms with Gasteiger partial charge in [0.1, 0.15) is 12.2 Å². The molecule has 0 spiro atoms. The van der Waals surface area contributed by atoms with Gasteiger partial charge in [0.15, 0.2) is 0 Å². The summed E-state index contributed by atoms with van der Waals surface area (Å²) in [6.07, 6.45) is 1.70. The van der Waals surface area contributed by atoms with Crippen molar-refractivity contribution in [2.24, 2.45) is 0 Å². The summed E-state index contributed by atoms with van der Waals surface area (Å²) >= 11 is 0. The van der Waals surface area contributed by atoms with Crippen LogP contribution in [0.2, 0.25) is 0 Å². The molecule has 1 aromatic heterocycles. The Balaban J connectivity index is 2.16. The second kappa shape index (κ2) is 6.02. The predicted molar refractivity (Wildman–Crippen MR) is 73.4 cm³/mol. The molecule has 0 atom stereocenters. The van der Waals surface area contributed by atoms with Gasteiger partial charge in [-0.3, -0.25) is 5.10 Å². The molecule has 0 aliphatic carbocycles. The van der Waals surface area contributed by atoms with Gasteiger partial charge >= 0.3 is 5.97 Å². The number of carbonyl (C=O) groups is 1. The minimum atomic E-state index is -3.78. The molecule has 8 nitrogen and oxygen atoms in total. The molecule has 0 saturated heterocycles. The third-order valence-corrected chi connectivity index (χ3v) is 4.53. The number of aromatic carboxylic acids is 1. The molecule has 0 bridgehead atoms. The van der Waals surface area contributed by atoms with Gasteiger partial charge in [-0.2, -0.15) is 5.10 Å². The Morgan fingerprint density at radius 1 is 1.43 bits per heavy atom. The highest BCUT2D eigenvalue weighted by atomic mass is 32.2. The van der Waals surface area contributed by atoms with E-state index in [1.165, 1.54) is 31.5 Å². The summed E-state index contributed by atoms with van der Waals surface area (Å²) in [6.45, 7) is 1.60. The molecular formula is C12H14N4O4S. The summed E-state index contributed by atoms with van der Waals surface area (Å²) in [7, 11) is -3.78. The summed E-state index contributed by atoms with van der Waals surface area (Å²) < 4.78 is 26.8. The van der Waals surface area contributed by atoms with Crippen molar-refractivity contribution in [2.75, 3.05) is 6.54 Å². The van der Waals surface area contributed by atoms with Gasteiger partial charge in [0.05, 0.1) is 10.5 Å². The lowest BCUT2D eigenvalue weighted by Gasteiger charge is -2.10. The van der Waals surface area contributed by atoms with Crippen molar-refractivity contribution in [3.05, 3.63) is 41.5 Å². The molecule has 2 aromatic rings. The van der Waals surface area contributed by atoms with Crippen LogP contribution in [-0.4, -0.2) is 41.2 Å². The van der Waals surface area contributed by atoms with Gasteiger partial charge in [-0.15, -0.1) is 0 Å². The van der Waals surface area contributed by atoms with Gasteiger partial charge in [0.2, 0.25) is 10.0 Å². The standard InChI is InChI=1S/C12H14N4O4S/c1-8-9(12(17)18)3-2-4-10(8)21(19,20)15-6-5-11-13-7-14-16-11/h2-4,7,15H,5-6H2,1H3,(H,17,18)(H,13,14,16). The molecule has 3 N–H and O–H groups in total. The van der Waals surface area contributed by atoms with Crippen LogP contribution < -0.4 is 4.72 Å². The van der Waals surface area contributed by atoms with E-state index < -0.39 is 16.0 Å². The van der Waals surface area contributed by atoms with Crippen LogP contribution in [0.4, 0.5) is 0 Å². The Kier molecular flexibility index (Phi) is 4.34. The van der Waals surface area contributed by atoms with E-state index in [1.807, 2.05) is 0 Å². The molecule has 0 amide bonds. The Morgan fingerprint density at radius 3 is 2.81 bits per heavy atom. The fourth-order valence-corrected chi connectivity index (χ4v) is 3.17. The number of nitrogens with zero attached hydrogens (tertiary/aromatic N) is 2. The number of aromatic nitrogens is 3. The van der Waals surface area contributed by atoms with Crippen molar-refractivity contribution >= 4 is 16.0 Å². The monoisotopic (exact) mass is 310 g/mol. The first kappa shape index (κ1) is 15.1. The number of hydrogen-bond donors (Lipinski definition) is 3. The van der Waals surface area contributed by atoms with Crippen LogP contribution in [0.15, 0.2) is 29.4 Å². The van der Waals surface area contributed by atoms with Crippen LogP contribution in [0, 0.1) is 6.92 Å². The largest absolute Gasteiger partial charge is 0.478 e. The maximum absolute atomic E-state index is 12.2. The highest BCUT2D eigenvalue weighted by molar-refractivity contribution is 7.89. The summed E-state index contributed by atoms with van der Waals surface area (Å²) in [5.74, 6) is -0.597. The first-order chi connectivity index (χ1) is 9.92. The second-order valence-electron chi connectivity index (χ2n) is 4.31. The number of aromatic amines is 1. The third-order valence-electron chi connectivity index (χ3n) is 2.92. The topological polar surface area (TPSA) is 125 Å². The molecule has 0 radical (unpaired) electrons. The summed E-state index contributed by atoms with van der Waals surface area (Å²) in [5.41, 5.74) is 0.172. The van der Waals surface area contributed by atoms with E-state index in [-0.39, 0.29) is 22.6 Å². The normalized spacial score (nSPS) is 11.5. The minimum absolute atomic E-state index is 0.0342. The molecule has 0 aliphatic heterocycles. The first-order valence-electron chi connectivity index (χ1n) is 6.08. The zero-order valence-electron chi connectivity index (χ0n) is 11.2.